The number of piperidine rings is 1. The van der Waals surface area contributed by atoms with Gasteiger partial charge in [-0.15, -0.1) is 0 Å². The maximum atomic E-state index is 13.0. The van der Waals surface area contributed by atoms with Crippen molar-refractivity contribution >= 4 is 15.9 Å². The Morgan fingerprint density at radius 3 is 2.60 bits per heavy atom. The molecule has 2 aliphatic rings. The molecule has 1 N–H and O–H groups in total. The molecule has 1 saturated heterocycles. The van der Waals surface area contributed by atoms with Crippen LogP contribution >= 0.6 is 0 Å². The summed E-state index contributed by atoms with van der Waals surface area (Å²) >= 11 is 0. The number of nitrogens with one attached hydrogen (secondary N) is 1. The lowest BCUT2D eigenvalue weighted by molar-refractivity contribution is 0.0675. The third kappa shape index (κ3) is 4.60. The quantitative estimate of drug-likeness (QED) is 0.788. The highest BCUT2D eigenvalue weighted by Gasteiger charge is 2.27. The summed E-state index contributed by atoms with van der Waals surface area (Å²) in [5.41, 5.74) is 1.56. The molecule has 0 radical (unpaired) electrons. The molecule has 7 nitrogen and oxygen atoms in total. The summed E-state index contributed by atoms with van der Waals surface area (Å²) in [4.78, 5) is 15.0. The Morgan fingerprint density at radius 2 is 1.83 bits per heavy atom. The van der Waals surface area contributed by atoms with Crippen molar-refractivity contribution in [1.29, 1.82) is 0 Å². The van der Waals surface area contributed by atoms with Crippen LogP contribution in [0.2, 0.25) is 0 Å². The van der Waals surface area contributed by atoms with Gasteiger partial charge in [0.2, 0.25) is 10.0 Å². The number of likely N-dealkylation sites (tertiary alicyclic amines) is 1. The fourth-order valence-corrected chi connectivity index (χ4v) is 4.92. The van der Waals surface area contributed by atoms with Crippen molar-refractivity contribution in [3.05, 3.63) is 53.6 Å². The van der Waals surface area contributed by atoms with Crippen LogP contribution in [-0.4, -0.2) is 52.1 Å². The first-order valence-electron chi connectivity index (χ1n) is 10.2. The summed E-state index contributed by atoms with van der Waals surface area (Å²) in [6.07, 6.45) is 1.72. The molecule has 0 saturated carbocycles. The van der Waals surface area contributed by atoms with E-state index in [4.69, 9.17) is 9.47 Å². The van der Waals surface area contributed by atoms with Gasteiger partial charge in [-0.1, -0.05) is 17.7 Å². The third-order valence-electron chi connectivity index (χ3n) is 5.49. The van der Waals surface area contributed by atoms with Crippen LogP contribution < -0.4 is 14.2 Å². The van der Waals surface area contributed by atoms with Gasteiger partial charge < -0.3 is 14.4 Å². The lowest BCUT2D eigenvalue weighted by Crippen LogP contribution is -2.43. The Morgan fingerprint density at radius 1 is 1.10 bits per heavy atom. The van der Waals surface area contributed by atoms with E-state index in [1.807, 2.05) is 6.92 Å². The summed E-state index contributed by atoms with van der Waals surface area (Å²) < 4.78 is 38.9. The SMILES string of the molecule is Cc1ccc(S(=O)(=O)NCC2CCCN(C(=O)c3ccc4c(c3)OCCO4)C2)cc1. The van der Waals surface area contributed by atoms with Crippen molar-refractivity contribution in [2.45, 2.75) is 24.7 Å². The number of carbonyl (C=O) groups excluding carboxylic acids is 1. The zero-order valence-electron chi connectivity index (χ0n) is 17.0. The number of ether oxygens (including phenoxy) is 2. The van der Waals surface area contributed by atoms with E-state index in [1.165, 1.54) is 0 Å². The van der Waals surface area contributed by atoms with E-state index < -0.39 is 10.0 Å². The van der Waals surface area contributed by atoms with Crippen molar-refractivity contribution in [2.24, 2.45) is 5.92 Å². The van der Waals surface area contributed by atoms with Crippen LogP contribution in [0.15, 0.2) is 47.4 Å². The standard InChI is InChI=1S/C22H26N2O5S/c1-16-4-7-19(8-5-16)30(26,27)23-14-17-3-2-10-24(15-17)22(25)18-6-9-20-21(13-18)29-12-11-28-20/h4-9,13,17,23H,2-3,10-12,14-15H2,1H3. The first-order chi connectivity index (χ1) is 14.4. The molecular weight excluding hydrogens is 404 g/mol. The summed E-state index contributed by atoms with van der Waals surface area (Å²) in [6.45, 7) is 4.38. The Balaban J connectivity index is 1.38. The highest BCUT2D eigenvalue weighted by molar-refractivity contribution is 7.89. The number of sulfonamides is 1. The number of nitrogens with zero attached hydrogens (tertiary/aromatic N) is 1. The van der Waals surface area contributed by atoms with Gasteiger partial charge in [-0.3, -0.25) is 4.79 Å². The number of carbonyl (C=O) groups is 1. The molecule has 0 bridgehead atoms. The third-order valence-corrected chi connectivity index (χ3v) is 6.93. The van der Waals surface area contributed by atoms with Crippen LogP contribution in [0.5, 0.6) is 11.5 Å². The Bertz CT molecular complexity index is 1020. The van der Waals surface area contributed by atoms with Crippen LogP contribution in [0.3, 0.4) is 0 Å². The molecule has 1 unspecified atom stereocenters. The first kappa shape index (κ1) is 20.7. The Kier molecular flexibility index (Phi) is 5.97. The predicted molar refractivity (Wildman–Crippen MR) is 112 cm³/mol. The van der Waals surface area contributed by atoms with Crippen molar-refractivity contribution < 1.29 is 22.7 Å². The van der Waals surface area contributed by atoms with Crippen molar-refractivity contribution in [2.75, 3.05) is 32.8 Å². The van der Waals surface area contributed by atoms with E-state index in [1.54, 1.807) is 47.4 Å². The van der Waals surface area contributed by atoms with E-state index in [9.17, 15) is 13.2 Å². The Hall–Kier alpha value is -2.58. The van der Waals surface area contributed by atoms with Crippen LogP contribution in [0.4, 0.5) is 0 Å². The van der Waals surface area contributed by atoms with E-state index in [2.05, 4.69) is 4.72 Å². The highest BCUT2D eigenvalue weighted by Crippen LogP contribution is 2.31. The second-order valence-corrected chi connectivity index (χ2v) is 9.55. The van der Waals surface area contributed by atoms with Crippen LogP contribution in [0.25, 0.3) is 0 Å². The molecule has 8 heteroatoms. The zero-order chi connectivity index (χ0) is 21.1. The molecule has 2 aliphatic heterocycles. The van der Waals surface area contributed by atoms with Gasteiger partial charge in [-0.25, -0.2) is 13.1 Å². The molecule has 0 aromatic heterocycles. The smallest absolute Gasteiger partial charge is 0.254 e. The highest BCUT2D eigenvalue weighted by atomic mass is 32.2. The van der Waals surface area contributed by atoms with E-state index in [0.717, 1.165) is 18.4 Å². The average molecular weight is 431 g/mol. The number of amides is 1. The maximum absolute atomic E-state index is 13.0. The molecule has 1 amide bonds. The number of hydrogen-bond donors (Lipinski definition) is 1. The van der Waals surface area contributed by atoms with Gasteiger partial charge >= 0.3 is 0 Å². The summed E-state index contributed by atoms with van der Waals surface area (Å²) in [5.74, 6) is 1.24. The van der Waals surface area contributed by atoms with Gasteiger partial charge in [-0.05, 0) is 56.0 Å². The molecule has 1 fully saturated rings. The molecule has 1 atom stereocenters. The number of rotatable bonds is 5. The number of aryl methyl sites for hydroxylation is 1. The van der Waals surface area contributed by atoms with Crippen molar-refractivity contribution in [3.63, 3.8) is 0 Å². The number of hydrogen-bond acceptors (Lipinski definition) is 5. The molecule has 0 aliphatic carbocycles. The first-order valence-corrected chi connectivity index (χ1v) is 11.7. The molecule has 2 aromatic rings. The predicted octanol–water partition coefficient (Wildman–Crippen LogP) is 2.60. The lowest BCUT2D eigenvalue weighted by atomic mass is 9.97. The lowest BCUT2D eigenvalue weighted by Gasteiger charge is -2.33. The summed E-state index contributed by atoms with van der Waals surface area (Å²) in [7, 11) is -3.56. The topological polar surface area (TPSA) is 84.9 Å². The average Bonchev–Trinajstić information content (AvgIpc) is 2.77. The van der Waals surface area contributed by atoms with Gasteiger partial charge in [0.1, 0.15) is 13.2 Å². The molecule has 4 rings (SSSR count). The van der Waals surface area contributed by atoms with Gasteiger partial charge in [0.15, 0.2) is 11.5 Å². The van der Waals surface area contributed by atoms with E-state index in [0.29, 0.717) is 49.9 Å². The fourth-order valence-electron chi connectivity index (χ4n) is 3.80. The van der Waals surface area contributed by atoms with Crippen LogP contribution in [-0.2, 0) is 10.0 Å². The number of fused-ring (bicyclic) bond motifs is 1. The van der Waals surface area contributed by atoms with Gasteiger partial charge in [0.25, 0.3) is 5.91 Å². The number of benzene rings is 2. The molecule has 30 heavy (non-hydrogen) atoms. The molecule has 160 valence electrons. The maximum Gasteiger partial charge on any atom is 0.254 e. The fraction of sp³-hybridized carbons (Fsp3) is 0.409. The van der Waals surface area contributed by atoms with Gasteiger partial charge in [0, 0.05) is 25.2 Å². The second kappa shape index (κ2) is 8.65. The minimum absolute atomic E-state index is 0.0696. The molecule has 0 spiro atoms. The summed E-state index contributed by atoms with van der Waals surface area (Å²) in [5, 5.41) is 0. The minimum atomic E-state index is -3.56. The zero-order valence-corrected chi connectivity index (χ0v) is 17.8. The minimum Gasteiger partial charge on any atom is -0.486 e. The Labute approximate surface area is 177 Å². The van der Waals surface area contributed by atoms with E-state index >= 15 is 0 Å². The van der Waals surface area contributed by atoms with Crippen molar-refractivity contribution in [3.8, 4) is 11.5 Å². The van der Waals surface area contributed by atoms with E-state index in [-0.39, 0.29) is 16.7 Å². The molecule has 2 aromatic carbocycles. The van der Waals surface area contributed by atoms with Crippen molar-refractivity contribution in [1.82, 2.24) is 9.62 Å². The van der Waals surface area contributed by atoms with Gasteiger partial charge in [-0.2, -0.15) is 0 Å². The largest absolute Gasteiger partial charge is 0.486 e. The monoisotopic (exact) mass is 430 g/mol. The normalized spacial score (nSPS) is 18.8. The van der Waals surface area contributed by atoms with Gasteiger partial charge in [0.05, 0.1) is 4.90 Å². The van der Waals surface area contributed by atoms with Crippen LogP contribution in [0, 0.1) is 12.8 Å². The van der Waals surface area contributed by atoms with Crippen LogP contribution in [0.1, 0.15) is 28.8 Å². The second-order valence-electron chi connectivity index (χ2n) is 7.78. The molecular formula is C22H26N2O5S. The summed E-state index contributed by atoms with van der Waals surface area (Å²) in [6, 6.07) is 12.0. The molecule has 2 heterocycles.